The Labute approximate surface area is 177 Å². The highest BCUT2D eigenvalue weighted by Crippen LogP contribution is 2.25. The van der Waals surface area contributed by atoms with Crippen LogP contribution in [0, 0.1) is 12.3 Å². The van der Waals surface area contributed by atoms with E-state index < -0.39 is 22.5 Å². The molecular weight excluding hydrogens is 410 g/mol. The molecule has 0 saturated heterocycles. The van der Waals surface area contributed by atoms with Crippen molar-refractivity contribution >= 4 is 38.9 Å². The number of amides is 1. The maximum absolute atomic E-state index is 13.2. The first-order chi connectivity index (χ1) is 13.4. The van der Waals surface area contributed by atoms with E-state index >= 15 is 0 Å². The molecule has 1 N–H and O–H groups in total. The largest absolute Gasteiger partial charge is 0.271 e. The quantitative estimate of drug-likeness (QED) is 0.540. The highest BCUT2D eigenvalue weighted by molar-refractivity contribution is 7.92. The molecule has 1 amide bonds. The third kappa shape index (κ3) is 6.05. The Morgan fingerprint density at radius 3 is 2.14 bits per heavy atom. The molecule has 0 aliphatic carbocycles. The lowest BCUT2D eigenvalue weighted by atomic mass is 9.91. The molecule has 0 aromatic heterocycles. The second-order valence-corrected chi connectivity index (χ2v) is 10.1. The Bertz CT molecular complexity index is 993. The van der Waals surface area contributed by atoms with Crippen LogP contribution >= 0.6 is 11.6 Å². The molecule has 0 aliphatic rings. The summed E-state index contributed by atoms with van der Waals surface area (Å²) in [5, 5.41) is 4.57. The third-order valence-electron chi connectivity index (χ3n) is 4.44. The third-order valence-corrected chi connectivity index (χ3v) is 6.48. The number of benzene rings is 2. The van der Waals surface area contributed by atoms with Gasteiger partial charge in [-0.3, -0.25) is 9.10 Å². The van der Waals surface area contributed by atoms with E-state index in [0.717, 1.165) is 15.6 Å². The smallest absolute Gasteiger partial charge is 0.264 e. The number of carbonyl (C=O) groups is 1. The van der Waals surface area contributed by atoms with Crippen molar-refractivity contribution in [1.29, 1.82) is 0 Å². The summed E-state index contributed by atoms with van der Waals surface area (Å²) in [6, 6.07) is 12.7. The van der Waals surface area contributed by atoms with Crippen LogP contribution in [0.2, 0.25) is 5.02 Å². The maximum Gasteiger partial charge on any atom is 0.264 e. The maximum atomic E-state index is 13.2. The Balaban J connectivity index is 2.37. The zero-order chi connectivity index (χ0) is 21.8. The molecule has 0 atom stereocenters. The van der Waals surface area contributed by atoms with Gasteiger partial charge in [0.05, 0.1) is 10.6 Å². The van der Waals surface area contributed by atoms with Gasteiger partial charge >= 0.3 is 0 Å². The van der Waals surface area contributed by atoms with E-state index in [0.29, 0.717) is 10.7 Å². The van der Waals surface area contributed by atoms with E-state index in [4.69, 9.17) is 11.6 Å². The Kier molecular flexibility index (Phi) is 7.08. The van der Waals surface area contributed by atoms with Crippen LogP contribution in [0.3, 0.4) is 0 Å². The predicted octanol–water partition coefficient (Wildman–Crippen LogP) is 4.38. The molecule has 6 nitrogen and oxygen atoms in total. The molecule has 2 aromatic carbocycles. The number of hydrogen-bond acceptors (Lipinski definition) is 4. The van der Waals surface area contributed by atoms with Crippen molar-refractivity contribution in [2.75, 3.05) is 10.8 Å². The number of halogens is 1. The fourth-order valence-corrected chi connectivity index (χ4v) is 3.79. The minimum Gasteiger partial charge on any atom is -0.271 e. The van der Waals surface area contributed by atoms with Gasteiger partial charge in [-0.25, -0.2) is 13.8 Å². The van der Waals surface area contributed by atoms with Gasteiger partial charge in [-0.1, -0.05) is 50.1 Å². The number of nitrogens with zero attached hydrogens (tertiary/aromatic N) is 2. The summed E-state index contributed by atoms with van der Waals surface area (Å²) >= 11 is 5.93. The zero-order valence-electron chi connectivity index (χ0n) is 17.2. The summed E-state index contributed by atoms with van der Waals surface area (Å²) in [5.41, 5.74) is 4.24. The summed E-state index contributed by atoms with van der Waals surface area (Å²) in [6.07, 6.45) is 0. The minimum atomic E-state index is -3.96. The lowest BCUT2D eigenvalue weighted by Crippen LogP contribution is -2.40. The van der Waals surface area contributed by atoms with Crippen molar-refractivity contribution in [2.45, 2.75) is 39.5 Å². The molecular formula is C21H26ClN3O3S. The van der Waals surface area contributed by atoms with Gasteiger partial charge < -0.3 is 0 Å². The van der Waals surface area contributed by atoms with Crippen molar-refractivity contribution in [3.63, 3.8) is 0 Å². The molecule has 0 fully saturated rings. The monoisotopic (exact) mass is 435 g/mol. The molecule has 0 spiro atoms. The highest BCUT2D eigenvalue weighted by Gasteiger charge is 2.27. The van der Waals surface area contributed by atoms with Crippen LogP contribution in [0.5, 0.6) is 0 Å². The van der Waals surface area contributed by atoms with Crippen LogP contribution in [0.25, 0.3) is 0 Å². The Morgan fingerprint density at radius 2 is 1.62 bits per heavy atom. The normalized spacial score (nSPS) is 12.6. The average Bonchev–Trinajstić information content (AvgIpc) is 2.64. The number of carbonyl (C=O) groups excluding carboxylic acids is 1. The Morgan fingerprint density at radius 1 is 1.07 bits per heavy atom. The molecule has 2 aromatic rings. The minimum absolute atomic E-state index is 0.0974. The van der Waals surface area contributed by atoms with E-state index in [1.807, 2.05) is 27.7 Å². The van der Waals surface area contributed by atoms with Gasteiger partial charge in [0, 0.05) is 16.1 Å². The van der Waals surface area contributed by atoms with Crippen LogP contribution in [0.15, 0.2) is 58.5 Å². The first kappa shape index (κ1) is 22.9. The zero-order valence-corrected chi connectivity index (χ0v) is 18.8. The summed E-state index contributed by atoms with van der Waals surface area (Å²) < 4.78 is 27.5. The summed E-state index contributed by atoms with van der Waals surface area (Å²) in [6.45, 7) is 9.18. The molecule has 0 aliphatic heterocycles. The van der Waals surface area contributed by atoms with Crippen LogP contribution in [0.4, 0.5) is 5.69 Å². The number of hydrazone groups is 1. The fourth-order valence-electron chi connectivity index (χ4n) is 2.24. The predicted molar refractivity (Wildman–Crippen MR) is 118 cm³/mol. The summed E-state index contributed by atoms with van der Waals surface area (Å²) in [4.78, 5) is 12.6. The van der Waals surface area contributed by atoms with Gasteiger partial charge in [-0.05, 0) is 50.2 Å². The lowest BCUT2D eigenvalue weighted by molar-refractivity contribution is -0.119. The second kappa shape index (κ2) is 8.97. The first-order valence-electron chi connectivity index (χ1n) is 9.10. The molecule has 0 unspecified atom stereocenters. The van der Waals surface area contributed by atoms with Crippen LogP contribution < -0.4 is 9.73 Å². The highest BCUT2D eigenvalue weighted by atomic mass is 35.5. The van der Waals surface area contributed by atoms with Gasteiger partial charge in [-0.15, -0.1) is 0 Å². The van der Waals surface area contributed by atoms with E-state index in [1.165, 1.54) is 12.1 Å². The summed E-state index contributed by atoms with van der Waals surface area (Å²) in [7, 11) is -3.96. The van der Waals surface area contributed by atoms with Crippen molar-refractivity contribution < 1.29 is 13.2 Å². The number of anilines is 1. The van der Waals surface area contributed by atoms with Crippen LogP contribution in [0.1, 0.15) is 33.3 Å². The standard InChI is InChI=1S/C21H26ClN3O3S/c1-15-6-12-19(13-7-15)29(27,28)25(18-10-8-17(22)9-11-18)14-20(26)24-23-16(2)21(3,4)5/h6-13H,14H2,1-5H3,(H,24,26)/b23-16-. The van der Waals surface area contributed by atoms with Crippen molar-refractivity contribution in [2.24, 2.45) is 10.5 Å². The van der Waals surface area contributed by atoms with Gasteiger partial charge in [-0.2, -0.15) is 5.10 Å². The molecule has 2 rings (SSSR count). The molecule has 0 radical (unpaired) electrons. The SMILES string of the molecule is C/C(=N/NC(=O)CN(c1ccc(Cl)cc1)S(=O)(=O)c1ccc(C)cc1)C(C)(C)C. The molecule has 8 heteroatoms. The van der Waals surface area contributed by atoms with Crippen molar-refractivity contribution in [1.82, 2.24) is 5.43 Å². The number of hydrogen-bond donors (Lipinski definition) is 1. The molecule has 0 saturated carbocycles. The molecule has 0 heterocycles. The topological polar surface area (TPSA) is 78.8 Å². The van der Waals surface area contributed by atoms with Crippen LogP contribution in [-0.4, -0.2) is 26.6 Å². The molecule has 0 bridgehead atoms. The van der Waals surface area contributed by atoms with Gasteiger partial charge in [0.1, 0.15) is 6.54 Å². The second-order valence-electron chi connectivity index (χ2n) is 7.78. The van der Waals surface area contributed by atoms with E-state index in [-0.39, 0.29) is 10.3 Å². The fraction of sp³-hybridized carbons (Fsp3) is 0.333. The van der Waals surface area contributed by atoms with Gasteiger partial charge in [0.25, 0.3) is 15.9 Å². The molecule has 156 valence electrons. The van der Waals surface area contributed by atoms with Gasteiger partial charge in [0.15, 0.2) is 0 Å². The number of rotatable bonds is 6. The van der Waals surface area contributed by atoms with E-state index in [2.05, 4.69) is 10.5 Å². The van der Waals surface area contributed by atoms with E-state index in [1.54, 1.807) is 43.3 Å². The number of aryl methyl sites for hydroxylation is 1. The van der Waals surface area contributed by atoms with Crippen molar-refractivity contribution in [3.8, 4) is 0 Å². The Hall–Kier alpha value is -2.38. The number of nitrogens with one attached hydrogen (secondary N) is 1. The number of sulfonamides is 1. The lowest BCUT2D eigenvalue weighted by Gasteiger charge is -2.24. The first-order valence-corrected chi connectivity index (χ1v) is 10.9. The molecule has 29 heavy (non-hydrogen) atoms. The van der Waals surface area contributed by atoms with Gasteiger partial charge in [0.2, 0.25) is 0 Å². The van der Waals surface area contributed by atoms with Crippen molar-refractivity contribution in [3.05, 3.63) is 59.1 Å². The summed E-state index contributed by atoms with van der Waals surface area (Å²) in [5.74, 6) is -0.542. The average molecular weight is 436 g/mol. The van der Waals surface area contributed by atoms with E-state index in [9.17, 15) is 13.2 Å². The van der Waals surface area contributed by atoms with Crippen LogP contribution in [-0.2, 0) is 14.8 Å².